The molecule has 0 aliphatic heterocycles. The molecule has 2 aromatic heterocycles. The molecule has 0 aromatic carbocycles. The van der Waals surface area contributed by atoms with Crippen LogP contribution in [0.5, 0.6) is 0 Å². The SMILES string of the molecule is O=S(=O)(NC(CO)(CO)CO)c1c(Cl)nc2sccn12. The summed E-state index contributed by atoms with van der Waals surface area (Å²) in [7, 11) is -4.19. The van der Waals surface area contributed by atoms with Gasteiger partial charge in [-0.05, 0) is 0 Å². The Hall–Kier alpha value is -0.750. The summed E-state index contributed by atoms with van der Waals surface area (Å²) in [5.41, 5.74) is -1.78. The monoisotopic (exact) mass is 341 g/mol. The van der Waals surface area contributed by atoms with Crippen LogP contribution in [0.25, 0.3) is 4.96 Å². The summed E-state index contributed by atoms with van der Waals surface area (Å²) >= 11 is 7.02. The zero-order valence-electron chi connectivity index (χ0n) is 10.0. The Bertz CT molecular complexity index is 698. The van der Waals surface area contributed by atoms with Crippen molar-refractivity contribution in [2.45, 2.75) is 10.6 Å². The van der Waals surface area contributed by atoms with Gasteiger partial charge in [-0.3, -0.25) is 4.40 Å². The van der Waals surface area contributed by atoms with Crippen molar-refractivity contribution in [3.8, 4) is 0 Å². The van der Waals surface area contributed by atoms with Crippen LogP contribution in [0.4, 0.5) is 0 Å². The van der Waals surface area contributed by atoms with E-state index in [0.717, 1.165) is 0 Å². The maximum absolute atomic E-state index is 12.3. The van der Waals surface area contributed by atoms with Crippen molar-refractivity contribution in [2.24, 2.45) is 0 Å². The molecule has 0 atom stereocenters. The van der Waals surface area contributed by atoms with E-state index in [1.165, 1.54) is 21.9 Å². The Morgan fingerprint density at radius 2 is 1.95 bits per heavy atom. The number of nitrogens with one attached hydrogen (secondary N) is 1. The minimum atomic E-state index is -4.19. The van der Waals surface area contributed by atoms with Gasteiger partial charge in [0.1, 0.15) is 5.54 Å². The molecule has 0 fully saturated rings. The van der Waals surface area contributed by atoms with Gasteiger partial charge in [-0.2, -0.15) is 4.72 Å². The number of hydrogen-bond acceptors (Lipinski definition) is 7. The van der Waals surface area contributed by atoms with Gasteiger partial charge >= 0.3 is 0 Å². The van der Waals surface area contributed by atoms with Crippen molar-refractivity contribution in [2.75, 3.05) is 19.8 Å². The van der Waals surface area contributed by atoms with Crippen molar-refractivity contribution in [3.63, 3.8) is 0 Å². The number of hydrogen-bond donors (Lipinski definition) is 4. The van der Waals surface area contributed by atoms with E-state index in [1.807, 2.05) is 0 Å². The third kappa shape index (κ3) is 2.55. The quantitative estimate of drug-likeness (QED) is 0.536. The van der Waals surface area contributed by atoms with E-state index in [2.05, 4.69) is 9.71 Å². The van der Waals surface area contributed by atoms with Gasteiger partial charge in [-0.15, -0.1) is 11.3 Å². The fraction of sp³-hybridized carbons (Fsp3) is 0.444. The van der Waals surface area contributed by atoms with Crippen molar-refractivity contribution >= 4 is 37.9 Å². The molecule has 2 rings (SSSR count). The first-order chi connectivity index (χ1) is 9.39. The summed E-state index contributed by atoms with van der Waals surface area (Å²) < 4.78 is 28.0. The van der Waals surface area contributed by atoms with Crippen LogP contribution < -0.4 is 4.72 Å². The van der Waals surface area contributed by atoms with Gasteiger partial charge < -0.3 is 15.3 Å². The van der Waals surface area contributed by atoms with Crippen LogP contribution in [0.2, 0.25) is 5.15 Å². The van der Waals surface area contributed by atoms with Crippen molar-refractivity contribution in [3.05, 3.63) is 16.7 Å². The van der Waals surface area contributed by atoms with Crippen molar-refractivity contribution in [1.29, 1.82) is 0 Å². The van der Waals surface area contributed by atoms with Crippen LogP contribution in [0.15, 0.2) is 16.6 Å². The minimum absolute atomic E-state index is 0.230. The molecule has 2 aromatic rings. The summed E-state index contributed by atoms with van der Waals surface area (Å²) in [6, 6.07) is 0. The number of thiazole rings is 1. The number of rotatable bonds is 6. The number of nitrogens with zero attached hydrogens (tertiary/aromatic N) is 2. The Kier molecular flexibility index (Phi) is 4.35. The highest BCUT2D eigenvalue weighted by Gasteiger charge is 2.36. The lowest BCUT2D eigenvalue weighted by Gasteiger charge is -2.27. The summed E-state index contributed by atoms with van der Waals surface area (Å²) in [6.45, 7) is -2.33. The normalized spacial score (nSPS) is 13.2. The number of sulfonamides is 1. The van der Waals surface area contributed by atoms with E-state index in [9.17, 15) is 23.7 Å². The van der Waals surface area contributed by atoms with E-state index < -0.39 is 35.4 Å². The van der Waals surface area contributed by atoms with Crippen molar-refractivity contribution < 1.29 is 23.7 Å². The highest BCUT2D eigenvalue weighted by atomic mass is 35.5. The van der Waals surface area contributed by atoms with Gasteiger partial charge in [-0.25, -0.2) is 13.4 Å². The lowest BCUT2D eigenvalue weighted by atomic mass is 10.1. The maximum Gasteiger partial charge on any atom is 0.260 e. The first-order valence-electron chi connectivity index (χ1n) is 5.37. The third-order valence-corrected chi connectivity index (χ3v) is 5.42. The lowest BCUT2D eigenvalue weighted by molar-refractivity contribution is 0.0581. The number of aliphatic hydroxyl groups is 3. The van der Waals surface area contributed by atoms with E-state index >= 15 is 0 Å². The van der Waals surface area contributed by atoms with Crippen LogP contribution >= 0.6 is 22.9 Å². The molecule has 0 saturated heterocycles. The standard InChI is InChI=1S/C9H12ClN3O5S2/c10-6-7(13-1-2-19-8(13)11-6)20(17,18)12-9(3-14,4-15)5-16/h1-2,12,14-16H,3-5H2. The number of fused-ring (bicyclic) bond motifs is 1. The minimum Gasteiger partial charge on any atom is -0.394 e. The molecule has 0 unspecified atom stereocenters. The highest BCUT2D eigenvalue weighted by Crippen LogP contribution is 2.26. The summed E-state index contributed by atoms with van der Waals surface area (Å²) in [5, 5.41) is 28.6. The number of aliphatic hydroxyl groups excluding tert-OH is 3. The molecule has 112 valence electrons. The summed E-state index contributed by atoms with van der Waals surface area (Å²) in [5.74, 6) is 0. The van der Waals surface area contributed by atoms with Gasteiger partial charge in [0.2, 0.25) is 0 Å². The highest BCUT2D eigenvalue weighted by molar-refractivity contribution is 7.89. The topological polar surface area (TPSA) is 124 Å². The number of halogens is 1. The molecule has 0 amide bonds. The molecule has 11 heteroatoms. The van der Waals surface area contributed by atoms with E-state index in [1.54, 1.807) is 5.38 Å². The molecular weight excluding hydrogens is 330 g/mol. The van der Waals surface area contributed by atoms with E-state index in [0.29, 0.717) is 4.96 Å². The van der Waals surface area contributed by atoms with E-state index in [-0.39, 0.29) is 10.2 Å². The Labute approximate surface area is 123 Å². The Morgan fingerprint density at radius 3 is 2.50 bits per heavy atom. The largest absolute Gasteiger partial charge is 0.394 e. The molecule has 20 heavy (non-hydrogen) atoms. The zero-order valence-corrected chi connectivity index (χ0v) is 12.4. The molecule has 2 heterocycles. The number of aromatic nitrogens is 2. The average molecular weight is 342 g/mol. The van der Waals surface area contributed by atoms with Crippen LogP contribution in [0.3, 0.4) is 0 Å². The van der Waals surface area contributed by atoms with Crippen LogP contribution in [-0.4, -0.2) is 58.5 Å². The first kappa shape index (κ1) is 15.6. The molecule has 0 bridgehead atoms. The van der Waals surface area contributed by atoms with Gasteiger partial charge in [-0.1, -0.05) is 11.6 Å². The molecule has 4 N–H and O–H groups in total. The molecule has 0 aliphatic carbocycles. The molecule has 0 aliphatic rings. The Morgan fingerprint density at radius 1 is 1.35 bits per heavy atom. The van der Waals surface area contributed by atoms with Crippen molar-refractivity contribution in [1.82, 2.24) is 14.1 Å². The predicted molar refractivity (Wildman–Crippen MR) is 72.4 cm³/mol. The second-order valence-corrected chi connectivity index (χ2v) is 6.95. The summed E-state index contributed by atoms with van der Waals surface area (Å²) in [6.07, 6.45) is 1.48. The fourth-order valence-electron chi connectivity index (χ4n) is 1.56. The van der Waals surface area contributed by atoms with Crippen LogP contribution in [0.1, 0.15) is 0 Å². The summed E-state index contributed by atoms with van der Waals surface area (Å²) in [4.78, 5) is 4.27. The van der Waals surface area contributed by atoms with Gasteiger partial charge in [0.15, 0.2) is 15.1 Å². The van der Waals surface area contributed by atoms with Gasteiger partial charge in [0.25, 0.3) is 10.0 Å². The van der Waals surface area contributed by atoms with Gasteiger partial charge in [0, 0.05) is 11.6 Å². The fourth-order valence-corrected chi connectivity index (χ4v) is 4.39. The third-order valence-electron chi connectivity index (χ3n) is 2.69. The molecule has 8 nitrogen and oxygen atoms in total. The van der Waals surface area contributed by atoms with E-state index in [4.69, 9.17) is 11.6 Å². The molecular formula is C9H12ClN3O5S2. The molecule has 0 radical (unpaired) electrons. The molecule has 0 spiro atoms. The van der Waals surface area contributed by atoms with Crippen LogP contribution in [0, 0.1) is 0 Å². The maximum atomic E-state index is 12.3. The van der Waals surface area contributed by atoms with Gasteiger partial charge in [0.05, 0.1) is 19.8 Å². The molecule has 0 saturated carbocycles. The smallest absolute Gasteiger partial charge is 0.260 e. The number of imidazole rings is 1. The predicted octanol–water partition coefficient (Wildman–Crippen LogP) is -0.957. The first-order valence-corrected chi connectivity index (χ1v) is 8.11. The zero-order chi connectivity index (χ0) is 15.0. The Balaban J connectivity index is 2.50. The second-order valence-electron chi connectivity index (χ2n) is 4.12. The average Bonchev–Trinajstić information content (AvgIpc) is 2.95. The van der Waals surface area contributed by atoms with Crippen LogP contribution in [-0.2, 0) is 10.0 Å². The lowest BCUT2D eigenvalue weighted by Crippen LogP contribution is -2.57. The second kappa shape index (κ2) is 5.56.